The maximum atomic E-state index is 12.3. The molecule has 1 aromatic carbocycles. The summed E-state index contributed by atoms with van der Waals surface area (Å²) in [4.78, 5) is 30.0. The molecule has 0 saturated heterocycles. The van der Waals surface area contributed by atoms with E-state index in [9.17, 15) is 9.59 Å². The molecule has 2 aromatic heterocycles. The fourth-order valence-electron chi connectivity index (χ4n) is 2.58. The van der Waals surface area contributed by atoms with Crippen LogP contribution in [0.1, 0.15) is 17.1 Å². The van der Waals surface area contributed by atoms with E-state index in [4.69, 9.17) is 0 Å². The highest BCUT2D eigenvalue weighted by Crippen LogP contribution is 2.10. The van der Waals surface area contributed by atoms with Gasteiger partial charge in [-0.2, -0.15) is 0 Å². The first-order valence-electron chi connectivity index (χ1n) is 7.89. The van der Waals surface area contributed by atoms with Gasteiger partial charge in [-0.1, -0.05) is 18.2 Å². The molecule has 24 heavy (non-hydrogen) atoms. The summed E-state index contributed by atoms with van der Waals surface area (Å²) in [6.45, 7) is 0.474. The van der Waals surface area contributed by atoms with Crippen molar-refractivity contribution in [3.05, 3.63) is 62.8 Å². The third kappa shape index (κ3) is 3.71. The van der Waals surface area contributed by atoms with Crippen LogP contribution in [0.2, 0.25) is 0 Å². The van der Waals surface area contributed by atoms with Gasteiger partial charge in [0.05, 0.1) is 10.9 Å². The third-order valence-corrected chi connectivity index (χ3v) is 4.86. The summed E-state index contributed by atoms with van der Waals surface area (Å²) in [6.07, 6.45) is 1.77. The van der Waals surface area contributed by atoms with Crippen molar-refractivity contribution in [2.45, 2.75) is 19.3 Å². The number of fused-ring (bicyclic) bond motifs is 1. The Morgan fingerprint density at radius 2 is 2.04 bits per heavy atom. The van der Waals surface area contributed by atoms with Crippen LogP contribution in [0.25, 0.3) is 10.9 Å². The number of aryl methyl sites for hydroxylation is 1. The van der Waals surface area contributed by atoms with Gasteiger partial charge in [0, 0.05) is 31.3 Å². The van der Waals surface area contributed by atoms with Gasteiger partial charge in [-0.05, 0) is 30.0 Å². The average Bonchev–Trinajstić information content (AvgIpc) is 3.11. The highest BCUT2D eigenvalue weighted by Gasteiger charge is 2.08. The Bertz CT molecular complexity index is 900. The molecule has 0 radical (unpaired) electrons. The van der Waals surface area contributed by atoms with E-state index in [0.717, 1.165) is 6.42 Å². The summed E-state index contributed by atoms with van der Waals surface area (Å²) in [7, 11) is 1.72. The van der Waals surface area contributed by atoms with E-state index >= 15 is 0 Å². The number of hydrogen-bond donors (Lipinski definition) is 1. The molecule has 6 heteroatoms. The van der Waals surface area contributed by atoms with E-state index < -0.39 is 0 Å². The zero-order chi connectivity index (χ0) is 16.9. The molecule has 5 nitrogen and oxygen atoms in total. The zero-order valence-electron chi connectivity index (χ0n) is 13.5. The van der Waals surface area contributed by atoms with Gasteiger partial charge in [-0.15, -0.1) is 11.3 Å². The summed E-state index contributed by atoms with van der Waals surface area (Å²) < 4.78 is 1.56. The molecule has 3 aromatic rings. The van der Waals surface area contributed by atoms with Crippen molar-refractivity contribution in [1.29, 1.82) is 0 Å². The van der Waals surface area contributed by atoms with Crippen LogP contribution >= 0.6 is 11.3 Å². The van der Waals surface area contributed by atoms with Crippen molar-refractivity contribution in [2.24, 2.45) is 7.05 Å². The Kier molecular flexibility index (Phi) is 5.05. The van der Waals surface area contributed by atoms with Gasteiger partial charge in [-0.25, -0.2) is 4.98 Å². The number of thiophene rings is 1. The second kappa shape index (κ2) is 7.40. The molecular weight excluding hydrogens is 322 g/mol. The Hall–Kier alpha value is -2.47. The van der Waals surface area contributed by atoms with Crippen LogP contribution in [0, 0.1) is 0 Å². The van der Waals surface area contributed by atoms with E-state index in [2.05, 4.69) is 10.3 Å². The number of nitrogens with zero attached hydrogens (tertiary/aromatic N) is 2. The summed E-state index contributed by atoms with van der Waals surface area (Å²) in [5, 5.41) is 5.53. The number of nitrogens with one attached hydrogen (secondary N) is 1. The Morgan fingerprint density at radius 1 is 1.21 bits per heavy atom. The topological polar surface area (TPSA) is 64.0 Å². The van der Waals surface area contributed by atoms with Crippen molar-refractivity contribution in [3.8, 4) is 0 Å². The number of aromatic nitrogens is 2. The smallest absolute Gasteiger partial charge is 0.261 e. The van der Waals surface area contributed by atoms with Gasteiger partial charge < -0.3 is 5.32 Å². The minimum absolute atomic E-state index is 0.0224. The van der Waals surface area contributed by atoms with E-state index in [-0.39, 0.29) is 11.5 Å². The van der Waals surface area contributed by atoms with Crippen molar-refractivity contribution < 1.29 is 4.79 Å². The van der Waals surface area contributed by atoms with Gasteiger partial charge in [0.2, 0.25) is 5.91 Å². The first kappa shape index (κ1) is 16.4. The number of para-hydroxylation sites is 1. The van der Waals surface area contributed by atoms with Crippen LogP contribution in [0.5, 0.6) is 0 Å². The quantitative estimate of drug-likeness (QED) is 0.748. The van der Waals surface area contributed by atoms with Crippen molar-refractivity contribution in [2.75, 3.05) is 6.54 Å². The lowest BCUT2D eigenvalue weighted by Gasteiger charge is -2.10. The van der Waals surface area contributed by atoms with Crippen LogP contribution < -0.4 is 10.9 Å². The number of rotatable bonds is 6. The van der Waals surface area contributed by atoms with Crippen LogP contribution in [0.4, 0.5) is 0 Å². The second-order valence-electron chi connectivity index (χ2n) is 5.59. The first-order chi connectivity index (χ1) is 11.6. The van der Waals surface area contributed by atoms with E-state index in [1.54, 1.807) is 29.0 Å². The predicted molar refractivity (Wildman–Crippen MR) is 96.3 cm³/mol. The van der Waals surface area contributed by atoms with E-state index in [1.807, 2.05) is 35.7 Å². The van der Waals surface area contributed by atoms with Gasteiger partial charge in [0.1, 0.15) is 5.82 Å². The van der Waals surface area contributed by atoms with Crippen molar-refractivity contribution in [3.63, 3.8) is 0 Å². The highest BCUT2D eigenvalue weighted by molar-refractivity contribution is 7.09. The molecule has 1 N–H and O–H groups in total. The maximum absolute atomic E-state index is 12.3. The van der Waals surface area contributed by atoms with Crippen LogP contribution in [-0.2, 0) is 24.7 Å². The Morgan fingerprint density at radius 3 is 2.83 bits per heavy atom. The summed E-state index contributed by atoms with van der Waals surface area (Å²) >= 11 is 1.66. The number of carbonyl (C=O) groups excluding carboxylic acids is 1. The SMILES string of the molecule is Cn1c(CCNC(=O)CCc2cccs2)nc2ccccc2c1=O. The van der Waals surface area contributed by atoms with Crippen LogP contribution in [0.3, 0.4) is 0 Å². The number of carbonyl (C=O) groups is 1. The molecule has 0 unspecified atom stereocenters. The monoisotopic (exact) mass is 341 g/mol. The zero-order valence-corrected chi connectivity index (χ0v) is 14.3. The predicted octanol–water partition coefficient (Wildman–Crippen LogP) is 2.29. The van der Waals surface area contributed by atoms with Crippen LogP contribution in [0.15, 0.2) is 46.6 Å². The molecule has 0 aliphatic rings. The fourth-order valence-corrected chi connectivity index (χ4v) is 3.29. The molecule has 0 aliphatic carbocycles. The highest BCUT2D eigenvalue weighted by atomic mass is 32.1. The minimum atomic E-state index is -0.0559. The average molecular weight is 341 g/mol. The Balaban J connectivity index is 1.58. The molecule has 0 aliphatic heterocycles. The van der Waals surface area contributed by atoms with E-state index in [1.165, 1.54) is 4.88 Å². The first-order valence-corrected chi connectivity index (χ1v) is 8.77. The summed E-state index contributed by atoms with van der Waals surface area (Å²) in [5.41, 5.74) is 0.638. The van der Waals surface area contributed by atoms with Gasteiger partial charge >= 0.3 is 0 Å². The van der Waals surface area contributed by atoms with E-state index in [0.29, 0.717) is 36.1 Å². The Labute approximate surface area is 144 Å². The van der Waals surface area contributed by atoms with Gasteiger partial charge in [-0.3, -0.25) is 14.2 Å². The standard InChI is InChI=1S/C18H19N3O2S/c1-21-16(20-15-7-3-2-6-14(15)18(21)23)10-11-19-17(22)9-8-13-5-4-12-24-13/h2-7,12H,8-11H2,1H3,(H,19,22). The van der Waals surface area contributed by atoms with Crippen LogP contribution in [-0.4, -0.2) is 22.0 Å². The van der Waals surface area contributed by atoms with Gasteiger partial charge in [0.15, 0.2) is 0 Å². The third-order valence-electron chi connectivity index (χ3n) is 3.93. The molecule has 0 fully saturated rings. The molecular formula is C18H19N3O2S. The number of benzene rings is 1. The fraction of sp³-hybridized carbons (Fsp3) is 0.278. The maximum Gasteiger partial charge on any atom is 0.261 e. The molecule has 0 bridgehead atoms. The van der Waals surface area contributed by atoms with Gasteiger partial charge in [0.25, 0.3) is 5.56 Å². The lowest BCUT2D eigenvalue weighted by molar-refractivity contribution is -0.121. The molecule has 0 atom stereocenters. The lowest BCUT2D eigenvalue weighted by atomic mass is 10.2. The molecule has 1 amide bonds. The molecule has 2 heterocycles. The molecule has 0 saturated carbocycles. The molecule has 0 spiro atoms. The summed E-state index contributed by atoms with van der Waals surface area (Å²) in [5.74, 6) is 0.700. The molecule has 3 rings (SSSR count). The second-order valence-corrected chi connectivity index (χ2v) is 6.62. The number of amides is 1. The molecule has 124 valence electrons. The normalized spacial score (nSPS) is 10.9. The largest absolute Gasteiger partial charge is 0.356 e. The lowest BCUT2D eigenvalue weighted by Crippen LogP contribution is -2.29. The summed E-state index contributed by atoms with van der Waals surface area (Å²) in [6, 6.07) is 11.3. The number of hydrogen-bond acceptors (Lipinski definition) is 4. The van der Waals surface area contributed by atoms with Crippen molar-refractivity contribution >= 4 is 28.1 Å². The van der Waals surface area contributed by atoms with Crippen molar-refractivity contribution in [1.82, 2.24) is 14.9 Å². The minimum Gasteiger partial charge on any atom is -0.356 e.